The molecule has 2 rings (SSSR count). The molecule has 0 aliphatic rings. The zero-order valence-corrected chi connectivity index (χ0v) is 12.9. The molecule has 0 fully saturated rings. The lowest BCUT2D eigenvalue weighted by molar-refractivity contribution is 0.415. The first-order valence-corrected chi connectivity index (χ1v) is 7.18. The summed E-state index contributed by atoms with van der Waals surface area (Å²) in [5.74, 6) is 0.873. The fourth-order valence-corrected chi connectivity index (χ4v) is 2.35. The molecule has 0 aromatic heterocycles. The summed E-state index contributed by atoms with van der Waals surface area (Å²) in [6, 6.07) is 14.4. The molecule has 2 aromatic rings. The van der Waals surface area contributed by atoms with Crippen LogP contribution in [-0.2, 0) is 0 Å². The third kappa shape index (κ3) is 3.45. The maximum absolute atomic E-state index is 5.94. The number of nitrogens with one attached hydrogen (secondary N) is 1. The van der Waals surface area contributed by atoms with Gasteiger partial charge in [0.1, 0.15) is 5.75 Å². The Morgan fingerprint density at radius 1 is 1.15 bits per heavy atom. The van der Waals surface area contributed by atoms with Gasteiger partial charge in [-0.25, -0.2) is 0 Å². The fourth-order valence-electron chi connectivity index (χ4n) is 2.22. The van der Waals surface area contributed by atoms with Crippen LogP contribution >= 0.6 is 11.6 Å². The number of aryl methyl sites for hydroxylation is 1. The van der Waals surface area contributed by atoms with Crippen molar-refractivity contribution < 1.29 is 4.74 Å². The van der Waals surface area contributed by atoms with Crippen molar-refractivity contribution in [3.63, 3.8) is 0 Å². The molecule has 0 spiro atoms. The van der Waals surface area contributed by atoms with Crippen LogP contribution in [0.25, 0.3) is 0 Å². The molecule has 2 aromatic carbocycles. The van der Waals surface area contributed by atoms with E-state index in [0.29, 0.717) is 0 Å². The van der Waals surface area contributed by atoms with Gasteiger partial charge in [-0.3, -0.25) is 0 Å². The lowest BCUT2D eigenvalue weighted by Crippen LogP contribution is -2.10. The first-order valence-electron chi connectivity index (χ1n) is 6.80. The maximum atomic E-state index is 5.94. The second-order valence-corrected chi connectivity index (χ2v) is 5.30. The molecule has 3 heteroatoms. The van der Waals surface area contributed by atoms with E-state index >= 15 is 0 Å². The summed E-state index contributed by atoms with van der Waals surface area (Å²) >= 11 is 5.94. The van der Waals surface area contributed by atoms with Crippen molar-refractivity contribution in [1.82, 2.24) is 0 Å². The Morgan fingerprint density at radius 3 is 2.45 bits per heavy atom. The molecule has 0 aliphatic heterocycles. The van der Waals surface area contributed by atoms with E-state index in [1.807, 2.05) is 18.2 Å². The minimum Gasteiger partial charge on any atom is -0.495 e. The van der Waals surface area contributed by atoms with Crippen LogP contribution in [0.2, 0.25) is 5.02 Å². The van der Waals surface area contributed by atoms with Crippen LogP contribution in [0.1, 0.15) is 30.5 Å². The average molecular weight is 290 g/mol. The number of ether oxygens (including phenoxy) is 1. The number of anilines is 1. The smallest absolute Gasteiger partial charge is 0.142 e. The Labute approximate surface area is 125 Å². The molecule has 20 heavy (non-hydrogen) atoms. The van der Waals surface area contributed by atoms with Gasteiger partial charge in [0, 0.05) is 5.02 Å². The largest absolute Gasteiger partial charge is 0.495 e. The van der Waals surface area contributed by atoms with Crippen LogP contribution in [0.5, 0.6) is 5.75 Å². The highest BCUT2D eigenvalue weighted by atomic mass is 35.5. The minimum absolute atomic E-state index is 0.240. The van der Waals surface area contributed by atoms with Crippen molar-refractivity contribution in [3.8, 4) is 5.75 Å². The number of hydrogen-bond acceptors (Lipinski definition) is 2. The Balaban J connectivity index is 2.24. The van der Waals surface area contributed by atoms with Crippen molar-refractivity contribution in [2.45, 2.75) is 26.3 Å². The van der Waals surface area contributed by atoms with E-state index in [9.17, 15) is 0 Å². The summed E-state index contributed by atoms with van der Waals surface area (Å²) in [5.41, 5.74) is 3.42. The number of halogens is 1. The standard InChI is InChI=1S/C17H20ClNO/c1-4-15(13-6-8-14(18)9-7-13)19-16-10-5-12(2)11-17(16)20-3/h5-11,15,19H,4H2,1-3H3. The van der Waals surface area contributed by atoms with Crippen molar-refractivity contribution in [2.24, 2.45) is 0 Å². The van der Waals surface area contributed by atoms with E-state index in [-0.39, 0.29) is 6.04 Å². The molecule has 0 heterocycles. The van der Waals surface area contributed by atoms with Gasteiger partial charge in [0.2, 0.25) is 0 Å². The van der Waals surface area contributed by atoms with Gasteiger partial charge in [-0.2, -0.15) is 0 Å². The molecule has 1 atom stereocenters. The molecule has 0 saturated carbocycles. The number of hydrogen-bond donors (Lipinski definition) is 1. The lowest BCUT2D eigenvalue weighted by atomic mass is 10.0. The third-order valence-corrected chi connectivity index (χ3v) is 3.62. The number of methoxy groups -OCH3 is 1. The molecule has 0 bridgehead atoms. The highest BCUT2D eigenvalue weighted by Gasteiger charge is 2.12. The highest BCUT2D eigenvalue weighted by molar-refractivity contribution is 6.30. The van der Waals surface area contributed by atoms with E-state index in [4.69, 9.17) is 16.3 Å². The molecule has 0 amide bonds. The Kier molecular flexibility index (Phi) is 4.91. The van der Waals surface area contributed by atoms with E-state index in [1.54, 1.807) is 7.11 Å². The van der Waals surface area contributed by atoms with Gasteiger partial charge in [0.25, 0.3) is 0 Å². The van der Waals surface area contributed by atoms with Gasteiger partial charge < -0.3 is 10.1 Å². The predicted octanol–water partition coefficient (Wildman–Crippen LogP) is 5.22. The molecule has 0 aliphatic carbocycles. The van der Waals surface area contributed by atoms with E-state index < -0.39 is 0 Å². The predicted molar refractivity (Wildman–Crippen MR) is 85.8 cm³/mol. The summed E-state index contributed by atoms with van der Waals surface area (Å²) in [5, 5.41) is 4.30. The second-order valence-electron chi connectivity index (χ2n) is 4.86. The highest BCUT2D eigenvalue weighted by Crippen LogP contribution is 2.30. The minimum atomic E-state index is 0.240. The summed E-state index contributed by atoms with van der Waals surface area (Å²) in [7, 11) is 1.70. The molecule has 0 saturated heterocycles. The molecular formula is C17H20ClNO. The number of benzene rings is 2. The van der Waals surface area contributed by atoms with Crippen molar-refractivity contribution >= 4 is 17.3 Å². The van der Waals surface area contributed by atoms with Crippen LogP contribution in [0.3, 0.4) is 0 Å². The van der Waals surface area contributed by atoms with Gasteiger partial charge in [-0.05, 0) is 48.7 Å². The first-order chi connectivity index (χ1) is 9.63. The maximum Gasteiger partial charge on any atom is 0.142 e. The SMILES string of the molecule is CCC(Nc1ccc(C)cc1OC)c1ccc(Cl)cc1. The van der Waals surface area contributed by atoms with Gasteiger partial charge in [-0.15, -0.1) is 0 Å². The molecule has 0 radical (unpaired) electrons. The molecule has 1 unspecified atom stereocenters. The Hall–Kier alpha value is -1.67. The van der Waals surface area contributed by atoms with Gasteiger partial charge in [-0.1, -0.05) is 36.7 Å². The topological polar surface area (TPSA) is 21.3 Å². The summed E-state index contributed by atoms with van der Waals surface area (Å²) < 4.78 is 5.44. The van der Waals surface area contributed by atoms with Gasteiger partial charge in [0.15, 0.2) is 0 Å². The first kappa shape index (κ1) is 14.7. The molecule has 2 nitrogen and oxygen atoms in total. The van der Waals surface area contributed by atoms with Crippen LogP contribution < -0.4 is 10.1 Å². The zero-order valence-electron chi connectivity index (χ0n) is 12.1. The average Bonchev–Trinajstić information content (AvgIpc) is 2.47. The quantitative estimate of drug-likeness (QED) is 0.815. The van der Waals surface area contributed by atoms with Crippen molar-refractivity contribution in [3.05, 3.63) is 58.6 Å². The van der Waals surface area contributed by atoms with Crippen LogP contribution in [0.15, 0.2) is 42.5 Å². The Morgan fingerprint density at radius 2 is 1.85 bits per heavy atom. The number of rotatable bonds is 5. The molecule has 106 valence electrons. The van der Waals surface area contributed by atoms with Crippen molar-refractivity contribution in [1.29, 1.82) is 0 Å². The van der Waals surface area contributed by atoms with Gasteiger partial charge in [0.05, 0.1) is 18.8 Å². The van der Waals surface area contributed by atoms with Crippen LogP contribution in [-0.4, -0.2) is 7.11 Å². The Bertz CT molecular complexity index is 566. The van der Waals surface area contributed by atoms with E-state index in [1.165, 1.54) is 11.1 Å². The van der Waals surface area contributed by atoms with Crippen molar-refractivity contribution in [2.75, 3.05) is 12.4 Å². The normalized spacial score (nSPS) is 12.0. The lowest BCUT2D eigenvalue weighted by Gasteiger charge is -2.21. The van der Waals surface area contributed by atoms with E-state index in [0.717, 1.165) is 22.9 Å². The third-order valence-electron chi connectivity index (χ3n) is 3.37. The monoisotopic (exact) mass is 289 g/mol. The second kappa shape index (κ2) is 6.67. The van der Waals surface area contributed by atoms with E-state index in [2.05, 4.69) is 43.4 Å². The zero-order chi connectivity index (χ0) is 14.5. The molecular weight excluding hydrogens is 270 g/mol. The summed E-state index contributed by atoms with van der Waals surface area (Å²) in [6.45, 7) is 4.22. The van der Waals surface area contributed by atoms with Crippen LogP contribution in [0.4, 0.5) is 5.69 Å². The molecule has 1 N–H and O–H groups in total. The fraction of sp³-hybridized carbons (Fsp3) is 0.294. The summed E-state index contributed by atoms with van der Waals surface area (Å²) in [6.07, 6.45) is 0.985. The van der Waals surface area contributed by atoms with Crippen LogP contribution in [0, 0.1) is 6.92 Å². The summed E-state index contributed by atoms with van der Waals surface area (Å²) in [4.78, 5) is 0. The van der Waals surface area contributed by atoms with Gasteiger partial charge >= 0.3 is 0 Å².